The highest BCUT2D eigenvalue weighted by molar-refractivity contribution is 5.70. The number of nitrogens with zero attached hydrogens (tertiary/aromatic N) is 2. The fourth-order valence-corrected chi connectivity index (χ4v) is 3.36. The Hall–Kier alpha value is -2.20. The second-order valence-corrected chi connectivity index (χ2v) is 7.04. The highest BCUT2D eigenvalue weighted by Crippen LogP contribution is 2.30. The summed E-state index contributed by atoms with van der Waals surface area (Å²) in [6, 6.07) is 17.2. The first-order chi connectivity index (χ1) is 12.2. The van der Waals surface area contributed by atoms with E-state index in [0.29, 0.717) is 12.5 Å². The van der Waals surface area contributed by atoms with E-state index < -0.39 is 0 Å². The third-order valence-corrected chi connectivity index (χ3v) is 5.05. The molecule has 0 aromatic heterocycles. The molecule has 0 unspecified atom stereocenters. The van der Waals surface area contributed by atoms with Gasteiger partial charge in [-0.1, -0.05) is 24.3 Å². The number of para-hydroxylation sites is 2. The molecular weight excluding hydrogens is 310 g/mol. The van der Waals surface area contributed by atoms with Gasteiger partial charge in [0.15, 0.2) is 0 Å². The summed E-state index contributed by atoms with van der Waals surface area (Å²) in [5.41, 5.74) is 4.95. The minimum Gasteiger partial charge on any atom is -0.396 e. The molecule has 1 fully saturated rings. The van der Waals surface area contributed by atoms with E-state index in [0.717, 1.165) is 32.5 Å². The number of nitrogens with one attached hydrogen (secondary N) is 1. The minimum absolute atomic E-state index is 0.316. The Labute approximate surface area is 151 Å². The van der Waals surface area contributed by atoms with Gasteiger partial charge in [-0.25, -0.2) is 0 Å². The van der Waals surface area contributed by atoms with Crippen LogP contribution in [-0.4, -0.2) is 38.9 Å². The fraction of sp³-hybridized carbons (Fsp3) is 0.429. The zero-order chi connectivity index (χ0) is 17.6. The normalized spacial score (nSPS) is 15.2. The number of anilines is 3. The van der Waals surface area contributed by atoms with Crippen LogP contribution >= 0.6 is 0 Å². The molecule has 0 radical (unpaired) electrons. The molecule has 1 saturated heterocycles. The maximum atomic E-state index is 9.33. The second-order valence-electron chi connectivity index (χ2n) is 7.04. The van der Waals surface area contributed by atoms with Gasteiger partial charge in [0.25, 0.3) is 0 Å². The zero-order valence-electron chi connectivity index (χ0n) is 15.3. The molecule has 0 saturated carbocycles. The number of hydrogen-bond donors (Lipinski definition) is 2. The van der Waals surface area contributed by atoms with E-state index in [2.05, 4.69) is 77.7 Å². The van der Waals surface area contributed by atoms with Crippen molar-refractivity contribution in [3.05, 3.63) is 54.1 Å². The van der Waals surface area contributed by atoms with Crippen LogP contribution in [0.15, 0.2) is 48.5 Å². The van der Waals surface area contributed by atoms with E-state index in [-0.39, 0.29) is 0 Å². The van der Waals surface area contributed by atoms with Gasteiger partial charge in [0.2, 0.25) is 0 Å². The first kappa shape index (κ1) is 17.6. The van der Waals surface area contributed by atoms with E-state index in [1.54, 1.807) is 0 Å². The number of aliphatic hydroxyl groups excluding tert-OH is 1. The van der Waals surface area contributed by atoms with Crippen molar-refractivity contribution in [2.45, 2.75) is 19.4 Å². The van der Waals surface area contributed by atoms with E-state index in [9.17, 15) is 5.11 Å². The van der Waals surface area contributed by atoms with Crippen LogP contribution < -0.4 is 15.1 Å². The molecule has 2 N–H and O–H groups in total. The third-order valence-electron chi connectivity index (χ3n) is 5.05. The predicted octanol–water partition coefficient (Wildman–Crippen LogP) is 3.57. The molecule has 0 atom stereocenters. The summed E-state index contributed by atoms with van der Waals surface area (Å²) < 4.78 is 0. The van der Waals surface area contributed by atoms with E-state index in [1.165, 1.54) is 22.6 Å². The van der Waals surface area contributed by atoms with Crippen LogP contribution in [0, 0.1) is 5.92 Å². The molecule has 1 aliphatic heterocycles. The maximum absolute atomic E-state index is 9.33. The van der Waals surface area contributed by atoms with Crippen molar-refractivity contribution in [2.24, 2.45) is 5.92 Å². The highest BCUT2D eigenvalue weighted by Gasteiger charge is 2.20. The number of aliphatic hydroxyl groups is 1. The van der Waals surface area contributed by atoms with Gasteiger partial charge >= 0.3 is 0 Å². The quantitative estimate of drug-likeness (QED) is 0.844. The average Bonchev–Trinajstić information content (AvgIpc) is 2.67. The predicted molar refractivity (Wildman–Crippen MR) is 107 cm³/mol. The molecular formula is C21H29N3O. The van der Waals surface area contributed by atoms with Gasteiger partial charge in [0, 0.05) is 46.0 Å². The van der Waals surface area contributed by atoms with Crippen LogP contribution in [0.1, 0.15) is 18.4 Å². The lowest BCUT2D eigenvalue weighted by molar-refractivity contribution is 0.203. The lowest BCUT2D eigenvalue weighted by atomic mass is 9.97. The van der Waals surface area contributed by atoms with Crippen molar-refractivity contribution in [2.75, 3.05) is 48.9 Å². The molecule has 134 valence electrons. The lowest BCUT2D eigenvalue weighted by Crippen LogP contribution is -2.35. The Kier molecular flexibility index (Phi) is 5.82. The zero-order valence-corrected chi connectivity index (χ0v) is 15.3. The van der Waals surface area contributed by atoms with Crippen LogP contribution in [0.3, 0.4) is 0 Å². The van der Waals surface area contributed by atoms with Crippen molar-refractivity contribution in [3.63, 3.8) is 0 Å². The Bertz CT molecular complexity index is 661. The Morgan fingerprint density at radius 1 is 1.04 bits per heavy atom. The number of rotatable bonds is 6. The summed E-state index contributed by atoms with van der Waals surface area (Å²) in [4.78, 5) is 4.55. The van der Waals surface area contributed by atoms with E-state index >= 15 is 0 Å². The Morgan fingerprint density at radius 3 is 2.36 bits per heavy atom. The van der Waals surface area contributed by atoms with Crippen LogP contribution in [0.25, 0.3) is 0 Å². The van der Waals surface area contributed by atoms with Crippen molar-refractivity contribution >= 4 is 17.1 Å². The van der Waals surface area contributed by atoms with Gasteiger partial charge in [-0.3, -0.25) is 0 Å². The Balaban J connectivity index is 1.65. The van der Waals surface area contributed by atoms with Gasteiger partial charge in [0.1, 0.15) is 0 Å². The molecule has 0 amide bonds. The number of benzene rings is 2. The van der Waals surface area contributed by atoms with Crippen molar-refractivity contribution in [1.82, 2.24) is 0 Å². The van der Waals surface area contributed by atoms with E-state index in [4.69, 9.17) is 0 Å². The third kappa shape index (κ3) is 4.45. The molecule has 0 bridgehead atoms. The van der Waals surface area contributed by atoms with Crippen molar-refractivity contribution in [1.29, 1.82) is 0 Å². The molecule has 2 aromatic rings. The number of hydrogen-bond acceptors (Lipinski definition) is 4. The largest absolute Gasteiger partial charge is 0.396 e. The molecule has 0 spiro atoms. The molecule has 1 heterocycles. The number of piperidine rings is 1. The molecule has 2 aromatic carbocycles. The summed E-state index contributed by atoms with van der Waals surface area (Å²) >= 11 is 0. The standard InChI is InChI=1S/C21H29N3O/c1-23(2)19-9-7-17(8-10-19)15-22-20-5-3-4-6-21(20)24-13-11-18(16-25)12-14-24/h3-10,18,22,25H,11-16H2,1-2H3. The van der Waals surface area contributed by atoms with Gasteiger partial charge in [-0.05, 0) is 48.6 Å². The molecule has 3 rings (SSSR count). The van der Waals surface area contributed by atoms with Crippen LogP contribution in [0.4, 0.5) is 17.1 Å². The first-order valence-corrected chi connectivity index (χ1v) is 9.12. The van der Waals surface area contributed by atoms with Crippen LogP contribution in [0.5, 0.6) is 0 Å². The molecule has 4 heteroatoms. The monoisotopic (exact) mass is 339 g/mol. The SMILES string of the molecule is CN(C)c1ccc(CNc2ccccc2N2CCC(CO)CC2)cc1. The van der Waals surface area contributed by atoms with Gasteiger partial charge in [-0.2, -0.15) is 0 Å². The first-order valence-electron chi connectivity index (χ1n) is 9.12. The van der Waals surface area contributed by atoms with Gasteiger partial charge in [-0.15, -0.1) is 0 Å². The summed E-state index contributed by atoms with van der Waals surface area (Å²) in [6.07, 6.45) is 2.13. The van der Waals surface area contributed by atoms with Crippen LogP contribution in [0.2, 0.25) is 0 Å². The van der Waals surface area contributed by atoms with Crippen molar-refractivity contribution < 1.29 is 5.11 Å². The van der Waals surface area contributed by atoms with Gasteiger partial charge in [0.05, 0.1) is 11.4 Å². The van der Waals surface area contributed by atoms with Gasteiger partial charge < -0.3 is 20.2 Å². The smallest absolute Gasteiger partial charge is 0.0602 e. The average molecular weight is 339 g/mol. The Morgan fingerprint density at radius 2 is 1.72 bits per heavy atom. The molecule has 25 heavy (non-hydrogen) atoms. The maximum Gasteiger partial charge on any atom is 0.0602 e. The second kappa shape index (κ2) is 8.26. The summed E-state index contributed by atoms with van der Waals surface area (Å²) in [7, 11) is 4.12. The summed E-state index contributed by atoms with van der Waals surface area (Å²) in [5.74, 6) is 0.464. The van der Waals surface area contributed by atoms with Crippen LogP contribution in [-0.2, 0) is 6.54 Å². The lowest BCUT2D eigenvalue weighted by Gasteiger charge is -2.34. The minimum atomic E-state index is 0.316. The highest BCUT2D eigenvalue weighted by atomic mass is 16.3. The fourth-order valence-electron chi connectivity index (χ4n) is 3.36. The molecule has 0 aliphatic carbocycles. The molecule has 1 aliphatic rings. The van der Waals surface area contributed by atoms with Crippen molar-refractivity contribution in [3.8, 4) is 0 Å². The summed E-state index contributed by atoms with van der Waals surface area (Å²) in [5, 5.41) is 12.9. The topological polar surface area (TPSA) is 38.7 Å². The van der Waals surface area contributed by atoms with E-state index in [1.807, 2.05) is 0 Å². The summed E-state index contributed by atoms with van der Waals surface area (Å²) in [6.45, 7) is 3.16. The molecule has 4 nitrogen and oxygen atoms in total.